The number of hydrogen-bond acceptors (Lipinski definition) is 4. The Morgan fingerprint density at radius 1 is 1.08 bits per heavy atom. The third-order valence-corrected chi connectivity index (χ3v) is 4.06. The zero-order chi connectivity index (χ0) is 17.6. The smallest absolute Gasteiger partial charge is 0.313 e. The number of carbonyl (C=O) groups is 1. The van der Waals surface area contributed by atoms with E-state index < -0.39 is 5.41 Å². The predicted molar refractivity (Wildman–Crippen MR) is 96.2 cm³/mol. The van der Waals surface area contributed by atoms with Crippen LogP contribution in [0.4, 0.5) is 5.69 Å². The van der Waals surface area contributed by atoms with Gasteiger partial charge >= 0.3 is 5.97 Å². The first kappa shape index (κ1) is 17.9. The van der Waals surface area contributed by atoms with Crippen LogP contribution in [0.5, 0.6) is 5.75 Å². The SMILES string of the molecule is CCOC(=O)C(C)(C)C(Nc1ccc(OC)cc1)c1ccccc1. The van der Waals surface area contributed by atoms with Gasteiger partial charge in [-0.05, 0) is 50.6 Å². The van der Waals surface area contributed by atoms with Gasteiger partial charge in [-0.1, -0.05) is 30.3 Å². The van der Waals surface area contributed by atoms with Crippen LogP contribution in [0, 0.1) is 5.41 Å². The van der Waals surface area contributed by atoms with E-state index in [0.717, 1.165) is 17.0 Å². The summed E-state index contributed by atoms with van der Waals surface area (Å²) in [5.41, 5.74) is 1.23. The maximum Gasteiger partial charge on any atom is 0.313 e. The summed E-state index contributed by atoms with van der Waals surface area (Å²) >= 11 is 0. The molecule has 0 bridgehead atoms. The molecule has 4 heteroatoms. The molecule has 2 aromatic rings. The molecule has 4 nitrogen and oxygen atoms in total. The zero-order valence-electron chi connectivity index (χ0n) is 14.7. The number of carbonyl (C=O) groups excluding carboxylic acids is 1. The Kier molecular flexibility index (Phi) is 5.85. The average molecular weight is 327 g/mol. The molecule has 0 spiro atoms. The van der Waals surface area contributed by atoms with Gasteiger partial charge in [0.2, 0.25) is 0 Å². The Labute approximate surface area is 143 Å². The first-order valence-electron chi connectivity index (χ1n) is 8.11. The third-order valence-electron chi connectivity index (χ3n) is 4.06. The molecule has 0 radical (unpaired) electrons. The number of hydrogen-bond donors (Lipinski definition) is 1. The number of benzene rings is 2. The van der Waals surface area contributed by atoms with Crippen molar-refractivity contribution in [3.63, 3.8) is 0 Å². The third kappa shape index (κ3) is 4.07. The summed E-state index contributed by atoms with van der Waals surface area (Å²) in [6.45, 7) is 5.99. The van der Waals surface area contributed by atoms with Crippen molar-refractivity contribution in [2.75, 3.05) is 19.0 Å². The second-order valence-electron chi connectivity index (χ2n) is 6.16. The summed E-state index contributed by atoms with van der Waals surface area (Å²) in [6.07, 6.45) is 0. The fourth-order valence-corrected chi connectivity index (χ4v) is 2.61. The molecule has 0 aromatic heterocycles. The molecule has 1 atom stereocenters. The Hall–Kier alpha value is -2.49. The van der Waals surface area contributed by atoms with E-state index in [1.165, 1.54) is 0 Å². The lowest BCUT2D eigenvalue weighted by Gasteiger charge is -2.34. The fraction of sp³-hybridized carbons (Fsp3) is 0.350. The Balaban J connectivity index is 2.34. The van der Waals surface area contributed by atoms with Crippen LogP contribution in [-0.2, 0) is 9.53 Å². The van der Waals surface area contributed by atoms with E-state index in [1.54, 1.807) is 7.11 Å². The molecule has 0 amide bonds. The number of anilines is 1. The molecule has 1 unspecified atom stereocenters. The number of methoxy groups -OCH3 is 1. The lowest BCUT2D eigenvalue weighted by atomic mass is 9.80. The van der Waals surface area contributed by atoms with Crippen LogP contribution >= 0.6 is 0 Å². The zero-order valence-corrected chi connectivity index (χ0v) is 14.7. The van der Waals surface area contributed by atoms with Gasteiger partial charge in [0.15, 0.2) is 0 Å². The highest BCUT2D eigenvalue weighted by atomic mass is 16.5. The van der Waals surface area contributed by atoms with Crippen molar-refractivity contribution in [2.45, 2.75) is 26.8 Å². The van der Waals surface area contributed by atoms with Gasteiger partial charge in [-0.15, -0.1) is 0 Å². The molecule has 0 heterocycles. The van der Waals surface area contributed by atoms with Crippen molar-refractivity contribution in [3.05, 3.63) is 60.2 Å². The summed E-state index contributed by atoms with van der Waals surface area (Å²) in [5, 5.41) is 3.47. The summed E-state index contributed by atoms with van der Waals surface area (Å²) in [7, 11) is 1.64. The van der Waals surface area contributed by atoms with Crippen LogP contribution < -0.4 is 10.1 Å². The van der Waals surface area contributed by atoms with Gasteiger partial charge < -0.3 is 14.8 Å². The van der Waals surface area contributed by atoms with Gasteiger partial charge in [-0.2, -0.15) is 0 Å². The van der Waals surface area contributed by atoms with Crippen LogP contribution in [0.2, 0.25) is 0 Å². The molecule has 24 heavy (non-hydrogen) atoms. The van der Waals surface area contributed by atoms with E-state index in [2.05, 4.69) is 5.32 Å². The van der Waals surface area contributed by atoms with E-state index in [4.69, 9.17) is 9.47 Å². The maximum absolute atomic E-state index is 12.5. The summed E-state index contributed by atoms with van der Waals surface area (Å²) < 4.78 is 10.5. The van der Waals surface area contributed by atoms with Crippen LogP contribution in [-0.4, -0.2) is 19.7 Å². The largest absolute Gasteiger partial charge is 0.497 e. The van der Waals surface area contributed by atoms with Gasteiger partial charge in [0.05, 0.1) is 25.2 Å². The second kappa shape index (κ2) is 7.86. The quantitative estimate of drug-likeness (QED) is 0.764. The lowest BCUT2D eigenvalue weighted by molar-refractivity contribution is -0.154. The van der Waals surface area contributed by atoms with Gasteiger partial charge in [-0.3, -0.25) is 4.79 Å². The minimum absolute atomic E-state index is 0.217. The van der Waals surface area contributed by atoms with E-state index in [1.807, 2.05) is 75.4 Å². The van der Waals surface area contributed by atoms with Crippen molar-refractivity contribution in [1.29, 1.82) is 0 Å². The van der Waals surface area contributed by atoms with Crippen molar-refractivity contribution in [3.8, 4) is 5.75 Å². The standard InChI is InChI=1S/C20H25NO3/c1-5-24-19(22)20(2,3)18(15-9-7-6-8-10-15)21-16-11-13-17(23-4)14-12-16/h6-14,18,21H,5H2,1-4H3. The van der Waals surface area contributed by atoms with E-state index in [-0.39, 0.29) is 12.0 Å². The topological polar surface area (TPSA) is 47.6 Å². The highest BCUT2D eigenvalue weighted by molar-refractivity contribution is 5.78. The van der Waals surface area contributed by atoms with Gasteiger partial charge in [-0.25, -0.2) is 0 Å². The molecule has 0 aliphatic heterocycles. The monoisotopic (exact) mass is 327 g/mol. The summed E-state index contributed by atoms with van der Waals surface area (Å²) in [5.74, 6) is 0.571. The number of rotatable bonds is 7. The number of nitrogens with one attached hydrogen (secondary N) is 1. The molecule has 128 valence electrons. The van der Waals surface area contributed by atoms with Gasteiger partial charge in [0.25, 0.3) is 0 Å². The predicted octanol–water partition coefficient (Wildman–Crippen LogP) is 4.44. The van der Waals surface area contributed by atoms with Crippen molar-refractivity contribution in [2.24, 2.45) is 5.41 Å². The van der Waals surface area contributed by atoms with Crippen molar-refractivity contribution < 1.29 is 14.3 Å². The minimum atomic E-state index is -0.725. The highest BCUT2D eigenvalue weighted by Crippen LogP contribution is 2.37. The van der Waals surface area contributed by atoms with Crippen molar-refractivity contribution in [1.82, 2.24) is 0 Å². The first-order chi connectivity index (χ1) is 11.5. The molecule has 2 aromatic carbocycles. The highest BCUT2D eigenvalue weighted by Gasteiger charge is 2.39. The molecule has 0 fully saturated rings. The van der Waals surface area contributed by atoms with Crippen molar-refractivity contribution >= 4 is 11.7 Å². The van der Waals surface area contributed by atoms with E-state index >= 15 is 0 Å². The summed E-state index contributed by atoms with van der Waals surface area (Å²) in [6, 6.07) is 17.4. The van der Waals surface area contributed by atoms with Gasteiger partial charge in [0, 0.05) is 5.69 Å². The number of ether oxygens (including phenoxy) is 2. The Bertz CT molecular complexity index is 650. The minimum Gasteiger partial charge on any atom is -0.497 e. The maximum atomic E-state index is 12.5. The van der Waals surface area contributed by atoms with Crippen LogP contribution in [0.1, 0.15) is 32.4 Å². The molecule has 2 rings (SSSR count). The normalized spacial score (nSPS) is 12.3. The van der Waals surface area contributed by atoms with Crippen LogP contribution in [0.3, 0.4) is 0 Å². The van der Waals surface area contributed by atoms with Gasteiger partial charge in [0.1, 0.15) is 5.75 Å². The second-order valence-corrected chi connectivity index (χ2v) is 6.16. The molecule has 0 aliphatic rings. The molecule has 0 aliphatic carbocycles. The molecular formula is C20H25NO3. The lowest BCUT2D eigenvalue weighted by Crippen LogP contribution is -2.37. The first-order valence-corrected chi connectivity index (χ1v) is 8.11. The summed E-state index contributed by atoms with van der Waals surface area (Å²) in [4.78, 5) is 12.5. The Morgan fingerprint density at radius 2 is 1.71 bits per heavy atom. The van der Waals surface area contributed by atoms with Crippen LogP contribution in [0.15, 0.2) is 54.6 Å². The molecular weight excluding hydrogens is 302 g/mol. The average Bonchev–Trinajstić information content (AvgIpc) is 2.61. The van der Waals surface area contributed by atoms with E-state index in [0.29, 0.717) is 6.61 Å². The Morgan fingerprint density at radius 3 is 2.25 bits per heavy atom. The molecule has 1 N–H and O–H groups in total. The molecule has 0 saturated heterocycles. The fourth-order valence-electron chi connectivity index (χ4n) is 2.61. The number of esters is 1. The molecule has 0 saturated carbocycles. The van der Waals surface area contributed by atoms with Crippen LogP contribution in [0.25, 0.3) is 0 Å². The van der Waals surface area contributed by atoms with E-state index in [9.17, 15) is 4.79 Å².